The highest BCUT2D eigenvalue weighted by molar-refractivity contribution is 9.11. The van der Waals surface area contributed by atoms with Crippen molar-refractivity contribution in [3.8, 4) is 57.5 Å². The largest absolute Gasteiger partial charge is 0.457 e. The van der Waals surface area contributed by atoms with Crippen LogP contribution in [0.5, 0.6) is 57.5 Å². The summed E-state index contributed by atoms with van der Waals surface area (Å²) in [6.07, 6.45) is -9.01. The van der Waals surface area contributed by atoms with Crippen molar-refractivity contribution in [3.05, 3.63) is 311 Å². The summed E-state index contributed by atoms with van der Waals surface area (Å²) >= 11 is 41.3. The average Bonchev–Trinajstić information content (AvgIpc) is 1.81. The van der Waals surface area contributed by atoms with Gasteiger partial charge in [-0.15, -0.1) is 25.5 Å². The summed E-state index contributed by atoms with van der Waals surface area (Å²) in [5.74, 6) is 9.73. The Balaban J connectivity index is 0.000000156. The minimum absolute atomic E-state index is 0.0829. The molecule has 674 valence electrons. The van der Waals surface area contributed by atoms with E-state index in [1.54, 1.807) is 82.3 Å². The summed E-state index contributed by atoms with van der Waals surface area (Å²) in [6.45, 7) is 16.3. The van der Waals surface area contributed by atoms with Gasteiger partial charge in [0.2, 0.25) is 29.7 Å². The zero-order valence-corrected chi connectivity index (χ0v) is 78.1. The van der Waals surface area contributed by atoms with Gasteiger partial charge < -0.3 is 50.3 Å². The Morgan fingerprint density at radius 3 is 0.930 bits per heavy atom. The number of alkyl halides is 9. The molecule has 0 saturated carbocycles. The maximum Gasteiger partial charge on any atom is 0.446 e. The topological polar surface area (TPSA) is 314 Å². The third kappa shape index (κ3) is 30.0. The molecular formula is C86H75Br3Cl5F9N20O5S. The zero-order valence-electron chi connectivity index (χ0n) is 68.8. The number of halogens is 17. The highest BCUT2D eigenvalue weighted by atomic mass is 79.9. The summed E-state index contributed by atoms with van der Waals surface area (Å²) in [4.78, 5) is 20.9. The number of nitrogens with one attached hydrogen (secondary N) is 10. The lowest BCUT2D eigenvalue weighted by Crippen LogP contribution is -2.08. The van der Waals surface area contributed by atoms with E-state index in [1.807, 2.05) is 94.4 Å². The smallest absolute Gasteiger partial charge is 0.446 e. The average molecular weight is 2090 g/mol. The van der Waals surface area contributed by atoms with Gasteiger partial charge >= 0.3 is 17.9 Å². The van der Waals surface area contributed by atoms with Crippen LogP contribution in [0, 0.1) is 55.4 Å². The van der Waals surface area contributed by atoms with Crippen LogP contribution in [0.2, 0.25) is 25.1 Å². The molecule has 0 spiro atoms. The fraction of sp³-hybridized carbons (Fsp3) is 0.186. The van der Waals surface area contributed by atoms with E-state index < -0.39 is 29.0 Å². The molecule has 10 N–H and O–H groups in total. The van der Waals surface area contributed by atoms with Crippen molar-refractivity contribution < 1.29 is 63.2 Å². The Morgan fingerprint density at radius 2 is 0.620 bits per heavy atom. The van der Waals surface area contributed by atoms with Crippen LogP contribution >= 0.6 is 118 Å². The van der Waals surface area contributed by atoms with Gasteiger partial charge in [-0.05, 0) is 251 Å². The molecule has 25 nitrogen and oxygen atoms in total. The third-order valence-electron chi connectivity index (χ3n) is 17.4. The Kier molecular flexibility index (Phi) is 34.4. The number of nitrogens with zero attached hydrogens (tertiary/aromatic N) is 10. The van der Waals surface area contributed by atoms with E-state index in [-0.39, 0.29) is 47.0 Å². The number of hydrogen-bond acceptors (Lipinski definition) is 21. The molecule has 15 rings (SSSR count). The van der Waals surface area contributed by atoms with Gasteiger partial charge in [-0.25, -0.2) is 0 Å². The van der Waals surface area contributed by atoms with Gasteiger partial charge in [0, 0.05) is 99.5 Å². The van der Waals surface area contributed by atoms with E-state index >= 15 is 0 Å². The molecule has 0 amide bonds. The molecule has 0 aliphatic heterocycles. The van der Waals surface area contributed by atoms with Gasteiger partial charge in [-0.1, -0.05) is 126 Å². The van der Waals surface area contributed by atoms with E-state index in [4.69, 9.17) is 81.7 Å². The molecule has 0 bridgehead atoms. The SMILES string of the molecule is Cc1cc(C)cc(Oc2cccc(Cl)c2CNc2n[nH]c(C)n2)c1.Cc1cc(Oc2cccc(Cl)c2CNc2n[nH]c(C)n2)cc(C(F)(F)F)c1.Cc1nc(NCc2c(Cl)cccc2Oc2ccc(Br)cc2Br)n[nH]1.Cc1nc(NCc2c(Cl)cccc2Oc2ccc(Br)cc2C(F)(F)F)n[nH]1.Cc1nc(NCc2c(Cl)cccc2Oc2ccc(SC(F)(F)F)cc2)n[nH]1. The van der Waals surface area contributed by atoms with Crippen LogP contribution in [0.25, 0.3) is 0 Å². The number of aryl methyl sites for hydroxylation is 8. The molecule has 43 heteroatoms. The van der Waals surface area contributed by atoms with E-state index in [1.165, 1.54) is 42.5 Å². The molecule has 0 radical (unpaired) electrons. The summed E-state index contributed by atoms with van der Waals surface area (Å²) < 4.78 is 148. The predicted molar refractivity (Wildman–Crippen MR) is 491 cm³/mol. The molecule has 10 aromatic carbocycles. The number of aromatic nitrogens is 15. The second-order valence-corrected chi connectivity index (χ2v) is 33.5. The van der Waals surface area contributed by atoms with Crippen LogP contribution < -0.4 is 50.3 Å². The number of aromatic amines is 5. The predicted octanol–water partition coefficient (Wildman–Crippen LogP) is 27.7. The first-order chi connectivity index (χ1) is 61.3. The summed E-state index contributed by atoms with van der Waals surface area (Å²) in [5, 5.41) is 51.5. The van der Waals surface area contributed by atoms with Crippen LogP contribution in [0.15, 0.2) is 206 Å². The number of thioether (sulfide) groups is 1. The second kappa shape index (κ2) is 45.2. The Hall–Kier alpha value is -11.5. The molecular weight excluding hydrogens is 2010 g/mol. The molecule has 0 saturated heterocycles. The van der Waals surface area contributed by atoms with Crippen molar-refractivity contribution in [2.24, 2.45) is 0 Å². The van der Waals surface area contributed by atoms with Crippen LogP contribution in [0.4, 0.5) is 69.3 Å². The van der Waals surface area contributed by atoms with Crippen LogP contribution in [-0.2, 0) is 45.1 Å². The third-order valence-corrected chi connectivity index (χ3v) is 21.5. The monoisotopic (exact) mass is 2080 g/mol. The number of rotatable bonds is 26. The van der Waals surface area contributed by atoms with Crippen molar-refractivity contribution in [2.75, 3.05) is 26.6 Å². The van der Waals surface area contributed by atoms with Crippen LogP contribution in [-0.4, -0.2) is 81.4 Å². The van der Waals surface area contributed by atoms with Gasteiger partial charge in [0.15, 0.2) is 0 Å². The van der Waals surface area contributed by atoms with Crippen molar-refractivity contribution in [3.63, 3.8) is 0 Å². The normalized spacial score (nSPS) is 11.2. The van der Waals surface area contributed by atoms with Gasteiger partial charge in [0.1, 0.15) is 86.6 Å². The van der Waals surface area contributed by atoms with E-state index in [0.717, 1.165) is 66.8 Å². The lowest BCUT2D eigenvalue weighted by atomic mass is 10.1. The first-order valence-corrected chi connectivity index (χ1v) is 43.2. The summed E-state index contributed by atoms with van der Waals surface area (Å²) in [5.41, 5.74) is 0.202. The van der Waals surface area contributed by atoms with Gasteiger partial charge in [-0.3, -0.25) is 25.5 Å². The van der Waals surface area contributed by atoms with Gasteiger partial charge in [0.05, 0.1) is 15.6 Å². The number of H-pyrrole nitrogens is 5. The highest BCUT2D eigenvalue weighted by Gasteiger charge is 2.36. The lowest BCUT2D eigenvalue weighted by Gasteiger charge is -2.17. The molecule has 0 atom stereocenters. The standard InChI is InChI=1S/C18H16ClF3N4O.C18H19ClN4O.C17H13BrClF3N4O.C17H14ClF3N4OS.C16H13Br2ClN4O/c1-10-6-12(18(20,21)22)8-13(7-10)27-16-5-3-4-15(19)14(16)9-23-17-24-11(2)25-26-17;1-11-7-12(2)9-14(8-11)24-17-6-4-5-16(19)15(17)10-20-18-21-13(3)22-23-18;1-9-24-16(26-25-9)23-8-11-13(19)3-2-4-14(11)27-15-6-5-10(18)7-12(15)17(20,21)22;1-10-23-16(25-24-10)22-9-13-14(18)3-2-4-15(13)26-11-5-7-12(8-6-11)27-17(19,20)21;1-9-21-16(23-22-9)20-8-11-13(19)3-2-4-14(11)24-15-6-5-10(17)7-12(15)18/h3-8H,9H2,1-2H3,(H2,23,24,25,26);4-9H,10H2,1-3H3,(H2,20,21,22,23);2-7H,8H2,1H3,(H2,23,24,25,26);2-8H,9H2,1H3,(H2,22,23,24,25);2-7H,8H2,1H3,(H2,20,21,22,23). The maximum absolute atomic E-state index is 13.3. The molecule has 129 heavy (non-hydrogen) atoms. The highest BCUT2D eigenvalue weighted by Crippen LogP contribution is 2.45. The minimum Gasteiger partial charge on any atom is -0.457 e. The van der Waals surface area contributed by atoms with Crippen molar-refractivity contribution in [1.82, 2.24) is 75.9 Å². The molecule has 0 unspecified atom stereocenters. The first kappa shape index (κ1) is 98.1. The van der Waals surface area contributed by atoms with Crippen LogP contribution in [0.1, 0.15) is 84.8 Å². The Labute approximate surface area is 786 Å². The number of benzene rings is 10. The van der Waals surface area contributed by atoms with Gasteiger partial charge in [-0.2, -0.15) is 64.4 Å². The summed E-state index contributed by atoms with van der Waals surface area (Å²) in [6, 6.07) is 50.9. The lowest BCUT2D eigenvalue weighted by molar-refractivity contribution is -0.139. The molecule has 0 aliphatic rings. The molecule has 0 fully saturated rings. The molecule has 0 aliphatic carbocycles. The Bertz CT molecular complexity index is 6290. The maximum atomic E-state index is 13.3. The van der Waals surface area contributed by atoms with E-state index in [9.17, 15) is 39.5 Å². The molecule has 5 heterocycles. The number of hydrogen-bond donors (Lipinski definition) is 10. The first-order valence-electron chi connectivity index (χ1n) is 38.2. The van der Waals surface area contributed by atoms with Crippen LogP contribution in [0.3, 0.4) is 0 Å². The second-order valence-electron chi connectivity index (χ2n) is 27.7. The Morgan fingerprint density at radius 1 is 0.318 bits per heavy atom. The van der Waals surface area contributed by atoms with Gasteiger partial charge in [0.25, 0.3) is 0 Å². The van der Waals surface area contributed by atoms with E-state index in [0.29, 0.717) is 153 Å². The number of ether oxygens (including phenoxy) is 5. The fourth-order valence-corrected chi connectivity index (χ4v) is 14.8. The number of anilines is 5. The van der Waals surface area contributed by atoms with E-state index in [2.05, 4.69) is 156 Å². The minimum atomic E-state index is -4.56. The molecule has 5 aromatic heterocycles. The zero-order chi connectivity index (χ0) is 92.9. The summed E-state index contributed by atoms with van der Waals surface area (Å²) in [7, 11) is 0. The fourth-order valence-electron chi connectivity index (χ4n) is 11.6. The molecule has 15 aromatic rings. The van der Waals surface area contributed by atoms with Crippen molar-refractivity contribution >= 4 is 147 Å². The van der Waals surface area contributed by atoms with Crippen molar-refractivity contribution in [2.45, 2.75) is 111 Å². The quantitative estimate of drug-likeness (QED) is 0.0178. The van der Waals surface area contributed by atoms with Crippen molar-refractivity contribution in [1.29, 1.82) is 0 Å².